The molecule has 0 aromatic heterocycles. The van der Waals surface area contributed by atoms with Gasteiger partial charge in [-0.05, 0) is 16.8 Å². The van der Waals surface area contributed by atoms with E-state index in [0.29, 0.717) is 6.42 Å². The Bertz CT molecular complexity index is 474. The Morgan fingerprint density at radius 2 is 2.11 bits per heavy atom. The lowest BCUT2D eigenvalue weighted by atomic mass is 10.1. The van der Waals surface area contributed by atoms with Crippen LogP contribution in [-0.2, 0) is 16.1 Å². The first-order valence-corrected chi connectivity index (χ1v) is 5.20. The molecule has 1 aliphatic rings. The fourth-order valence-corrected chi connectivity index (χ4v) is 1.94. The van der Waals surface area contributed by atoms with Crippen LogP contribution in [0.3, 0.4) is 0 Å². The number of guanidine groups is 1. The second kappa shape index (κ2) is 5.59. The Labute approximate surface area is 111 Å². The van der Waals surface area contributed by atoms with Crippen molar-refractivity contribution in [3.8, 4) is 0 Å². The van der Waals surface area contributed by atoms with Crippen molar-refractivity contribution >= 4 is 30.0 Å². The van der Waals surface area contributed by atoms with Crippen LogP contribution in [0.25, 0.3) is 0 Å². The van der Waals surface area contributed by atoms with Gasteiger partial charge in [0.15, 0.2) is 0 Å². The molecule has 1 aliphatic heterocycles. The van der Waals surface area contributed by atoms with Gasteiger partial charge in [0.1, 0.15) is 6.04 Å². The Morgan fingerprint density at radius 3 is 2.72 bits per heavy atom. The molecule has 0 saturated carbocycles. The summed E-state index contributed by atoms with van der Waals surface area (Å²) in [6.07, 6.45) is 0.603. The molecule has 1 atom stereocenters. The molecule has 0 fully saturated rings. The molecule has 18 heavy (non-hydrogen) atoms. The fourth-order valence-electron chi connectivity index (χ4n) is 1.94. The molecule has 6 nitrogen and oxygen atoms in total. The van der Waals surface area contributed by atoms with Crippen molar-refractivity contribution in [1.82, 2.24) is 0 Å². The SMILES string of the molecule is CN1c2ccccc2C[C@H]1C(=O)ON=C(N)N.Cl. The van der Waals surface area contributed by atoms with Crippen LogP contribution in [0.4, 0.5) is 5.69 Å². The second-order valence-electron chi connectivity index (χ2n) is 3.89. The van der Waals surface area contributed by atoms with E-state index in [1.807, 2.05) is 36.2 Å². The van der Waals surface area contributed by atoms with Crippen LogP contribution in [-0.4, -0.2) is 25.0 Å². The third-order valence-corrected chi connectivity index (χ3v) is 2.77. The van der Waals surface area contributed by atoms with Gasteiger partial charge in [-0.15, -0.1) is 12.4 Å². The zero-order chi connectivity index (χ0) is 12.4. The number of nitrogens with two attached hydrogens (primary N) is 2. The van der Waals surface area contributed by atoms with Crippen molar-refractivity contribution in [2.45, 2.75) is 12.5 Å². The lowest BCUT2D eigenvalue weighted by molar-refractivity contribution is -0.145. The topological polar surface area (TPSA) is 93.9 Å². The molecule has 7 heteroatoms. The summed E-state index contributed by atoms with van der Waals surface area (Å²) in [6, 6.07) is 7.44. The number of carbonyl (C=O) groups is 1. The van der Waals surface area contributed by atoms with E-state index in [1.54, 1.807) is 0 Å². The molecule has 2 rings (SSSR count). The monoisotopic (exact) mass is 270 g/mol. The van der Waals surface area contributed by atoms with Crippen LogP contribution in [0.15, 0.2) is 29.4 Å². The summed E-state index contributed by atoms with van der Waals surface area (Å²) in [5.74, 6) is -0.728. The van der Waals surface area contributed by atoms with Gasteiger partial charge in [0.25, 0.3) is 0 Å². The molecule has 1 aromatic carbocycles. The van der Waals surface area contributed by atoms with Crippen LogP contribution in [0, 0.1) is 0 Å². The first-order valence-electron chi connectivity index (χ1n) is 5.20. The highest BCUT2D eigenvalue weighted by Crippen LogP contribution is 2.30. The number of oxime groups is 1. The molecule has 1 aromatic rings. The van der Waals surface area contributed by atoms with Gasteiger partial charge in [0, 0.05) is 19.2 Å². The van der Waals surface area contributed by atoms with Crippen LogP contribution in [0.5, 0.6) is 0 Å². The summed E-state index contributed by atoms with van der Waals surface area (Å²) in [5.41, 5.74) is 12.3. The summed E-state index contributed by atoms with van der Waals surface area (Å²) < 4.78 is 0. The van der Waals surface area contributed by atoms with Crippen molar-refractivity contribution < 1.29 is 9.63 Å². The predicted octanol–water partition coefficient (Wildman–Crippen LogP) is 0.201. The molecular weight excluding hydrogens is 256 g/mol. The van der Waals surface area contributed by atoms with Crippen LogP contribution in [0.2, 0.25) is 0 Å². The van der Waals surface area contributed by atoms with E-state index >= 15 is 0 Å². The maximum atomic E-state index is 11.7. The number of nitrogens with zero attached hydrogens (tertiary/aromatic N) is 2. The van der Waals surface area contributed by atoms with Gasteiger partial charge in [0.2, 0.25) is 5.96 Å². The van der Waals surface area contributed by atoms with Gasteiger partial charge in [0.05, 0.1) is 0 Å². The average Bonchev–Trinajstić information content (AvgIpc) is 2.64. The van der Waals surface area contributed by atoms with Crippen molar-refractivity contribution in [2.24, 2.45) is 16.6 Å². The molecule has 0 radical (unpaired) electrons. The first kappa shape index (κ1) is 14.1. The van der Waals surface area contributed by atoms with E-state index in [-0.39, 0.29) is 24.4 Å². The number of hydrogen-bond donors (Lipinski definition) is 2. The van der Waals surface area contributed by atoms with E-state index in [9.17, 15) is 4.79 Å². The summed E-state index contributed by atoms with van der Waals surface area (Å²) in [4.78, 5) is 18.3. The molecule has 1 heterocycles. The average molecular weight is 271 g/mol. The molecule has 0 bridgehead atoms. The minimum atomic E-state index is -0.461. The third-order valence-electron chi connectivity index (χ3n) is 2.77. The second-order valence-corrected chi connectivity index (χ2v) is 3.89. The van der Waals surface area contributed by atoms with Gasteiger partial charge in [-0.1, -0.05) is 18.2 Å². The van der Waals surface area contributed by atoms with Crippen molar-refractivity contribution in [3.63, 3.8) is 0 Å². The molecule has 0 spiro atoms. The highest BCUT2D eigenvalue weighted by atomic mass is 35.5. The van der Waals surface area contributed by atoms with Gasteiger partial charge < -0.3 is 21.2 Å². The molecular formula is C11H15ClN4O2. The normalized spacial score (nSPS) is 16.5. The zero-order valence-corrected chi connectivity index (χ0v) is 10.7. The summed E-state index contributed by atoms with van der Waals surface area (Å²) in [6.45, 7) is 0. The van der Waals surface area contributed by atoms with Crippen LogP contribution >= 0.6 is 12.4 Å². The molecule has 4 N–H and O–H groups in total. The molecule has 0 amide bonds. The number of carbonyl (C=O) groups excluding carboxylic acids is 1. The Morgan fingerprint density at radius 1 is 1.44 bits per heavy atom. The maximum absolute atomic E-state index is 11.7. The van der Waals surface area contributed by atoms with Crippen LogP contribution in [0.1, 0.15) is 5.56 Å². The largest absolute Gasteiger partial charge is 0.367 e. The van der Waals surface area contributed by atoms with E-state index < -0.39 is 5.97 Å². The standard InChI is InChI=1S/C11H14N4O2.ClH/c1-15-8-5-3-2-4-7(8)6-9(15)10(16)17-14-11(12)13;/h2-5,9H,6H2,1H3,(H4,12,13,14);1H/t9-;/m0./s1. The Hall–Kier alpha value is -1.95. The van der Waals surface area contributed by atoms with E-state index in [1.165, 1.54) is 0 Å². The number of anilines is 1. The predicted molar refractivity (Wildman–Crippen MR) is 71.5 cm³/mol. The fraction of sp³-hybridized carbons (Fsp3) is 0.273. The maximum Gasteiger partial charge on any atom is 0.357 e. The first-order chi connectivity index (χ1) is 8.09. The van der Waals surface area contributed by atoms with E-state index in [2.05, 4.69) is 9.99 Å². The summed E-state index contributed by atoms with van der Waals surface area (Å²) >= 11 is 0. The van der Waals surface area contributed by atoms with Gasteiger partial charge >= 0.3 is 5.97 Å². The highest BCUT2D eigenvalue weighted by molar-refractivity contribution is 5.85. The Balaban J connectivity index is 0.00000162. The molecule has 98 valence electrons. The van der Waals surface area contributed by atoms with Gasteiger partial charge in [-0.3, -0.25) is 0 Å². The number of rotatable bonds is 2. The number of hydrogen-bond acceptors (Lipinski definition) is 4. The number of fused-ring (bicyclic) bond motifs is 1. The minimum absolute atomic E-state index is 0. The Kier molecular flexibility index (Phi) is 4.38. The van der Waals surface area contributed by atoms with Gasteiger partial charge in [-0.2, -0.15) is 0 Å². The summed E-state index contributed by atoms with van der Waals surface area (Å²) in [7, 11) is 1.84. The minimum Gasteiger partial charge on any atom is -0.367 e. The van der Waals surface area contributed by atoms with Crippen molar-refractivity contribution in [2.75, 3.05) is 11.9 Å². The smallest absolute Gasteiger partial charge is 0.357 e. The third kappa shape index (κ3) is 2.65. The molecule has 0 saturated heterocycles. The number of halogens is 1. The lowest BCUT2D eigenvalue weighted by Gasteiger charge is -2.19. The zero-order valence-electron chi connectivity index (χ0n) is 9.87. The van der Waals surface area contributed by atoms with E-state index in [0.717, 1.165) is 11.3 Å². The van der Waals surface area contributed by atoms with Gasteiger partial charge in [-0.25, -0.2) is 4.79 Å². The quantitative estimate of drug-likeness (QED) is 0.347. The number of para-hydroxylation sites is 1. The highest BCUT2D eigenvalue weighted by Gasteiger charge is 2.33. The van der Waals surface area contributed by atoms with Crippen LogP contribution < -0.4 is 16.4 Å². The van der Waals surface area contributed by atoms with Crippen molar-refractivity contribution in [1.29, 1.82) is 0 Å². The molecule has 0 unspecified atom stereocenters. The van der Waals surface area contributed by atoms with Crippen molar-refractivity contribution in [3.05, 3.63) is 29.8 Å². The number of benzene rings is 1. The van der Waals surface area contributed by atoms with E-state index in [4.69, 9.17) is 11.5 Å². The molecule has 0 aliphatic carbocycles. The number of likely N-dealkylation sites (N-methyl/N-ethyl adjacent to an activating group) is 1. The lowest BCUT2D eigenvalue weighted by Crippen LogP contribution is -2.37. The summed E-state index contributed by atoms with van der Waals surface area (Å²) in [5, 5.41) is 3.26.